The molecular weight excluding hydrogens is 394 g/mol. The zero-order valence-corrected chi connectivity index (χ0v) is 18.5. The zero-order valence-electron chi connectivity index (χ0n) is 18.5. The summed E-state index contributed by atoms with van der Waals surface area (Å²) < 4.78 is 11.1. The molecule has 1 aromatic carbocycles. The number of nitrogens with zero attached hydrogens (tertiary/aromatic N) is 3. The average molecular weight is 428 g/mol. The average Bonchev–Trinajstić information content (AvgIpc) is 2.80. The second-order valence-corrected chi connectivity index (χ2v) is 7.55. The summed E-state index contributed by atoms with van der Waals surface area (Å²) >= 11 is 0. The normalized spacial score (nSPS) is 13.7. The summed E-state index contributed by atoms with van der Waals surface area (Å²) in [5.41, 5.74) is 1.52. The minimum absolute atomic E-state index is 0.113. The van der Waals surface area contributed by atoms with Crippen molar-refractivity contribution >= 4 is 17.7 Å². The quantitative estimate of drug-likeness (QED) is 0.533. The molecule has 0 atom stereocenters. The van der Waals surface area contributed by atoms with Gasteiger partial charge < -0.3 is 25.0 Å². The van der Waals surface area contributed by atoms with Gasteiger partial charge in [0.1, 0.15) is 11.6 Å². The van der Waals surface area contributed by atoms with E-state index in [1.165, 1.54) is 6.42 Å². The zero-order chi connectivity index (χ0) is 21.9. The van der Waals surface area contributed by atoms with Crippen molar-refractivity contribution in [1.29, 1.82) is 0 Å². The van der Waals surface area contributed by atoms with Crippen molar-refractivity contribution < 1.29 is 14.3 Å². The van der Waals surface area contributed by atoms with E-state index in [1.54, 1.807) is 12.1 Å². The Morgan fingerprint density at radius 3 is 2.65 bits per heavy atom. The number of hydrogen-bond acceptors (Lipinski definition) is 7. The number of carbonyl (C=O) groups is 1. The molecule has 0 aliphatic carbocycles. The van der Waals surface area contributed by atoms with Crippen LogP contribution in [-0.2, 0) is 4.74 Å². The van der Waals surface area contributed by atoms with Gasteiger partial charge in [0.15, 0.2) is 0 Å². The van der Waals surface area contributed by atoms with E-state index in [0.717, 1.165) is 43.2 Å². The SMILES string of the molecule is CCCCCOc1ccc(C(=O)NCCNc2nc(C)cc(N3CCOCC3)n2)cc1. The third-order valence-electron chi connectivity index (χ3n) is 5.00. The van der Waals surface area contributed by atoms with Crippen molar-refractivity contribution in [3.63, 3.8) is 0 Å². The lowest BCUT2D eigenvalue weighted by atomic mass is 10.2. The van der Waals surface area contributed by atoms with Crippen LogP contribution in [0.5, 0.6) is 5.75 Å². The number of rotatable bonds is 11. The number of unbranched alkanes of at least 4 members (excludes halogenated alkanes) is 2. The summed E-state index contributed by atoms with van der Waals surface area (Å²) in [7, 11) is 0. The first-order chi connectivity index (χ1) is 15.2. The first-order valence-corrected chi connectivity index (χ1v) is 11.1. The molecule has 8 nitrogen and oxygen atoms in total. The Hall–Kier alpha value is -2.87. The molecule has 3 rings (SSSR count). The van der Waals surface area contributed by atoms with Gasteiger partial charge in [-0.15, -0.1) is 0 Å². The molecule has 31 heavy (non-hydrogen) atoms. The Labute approximate surface area is 184 Å². The third kappa shape index (κ3) is 7.40. The van der Waals surface area contributed by atoms with Crippen LogP contribution in [0.25, 0.3) is 0 Å². The molecule has 2 aromatic rings. The van der Waals surface area contributed by atoms with Crippen LogP contribution in [0, 0.1) is 6.92 Å². The maximum absolute atomic E-state index is 12.4. The summed E-state index contributed by atoms with van der Waals surface area (Å²) in [4.78, 5) is 23.6. The Morgan fingerprint density at radius 1 is 1.13 bits per heavy atom. The van der Waals surface area contributed by atoms with Crippen LogP contribution in [0.15, 0.2) is 30.3 Å². The van der Waals surface area contributed by atoms with Crippen molar-refractivity contribution in [2.24, 2.45) is 0 Å². The molecule has 1 fully saturated rings. The van der Waals surface area contributed by atoms with Gasteiger partial charge in [0.05, 0.1) is 19.8 Å². The largest absolute Gasteiger partial charge is 0.494 e. The van der Waals surface area contributed by atoms with Gasteiger partial charge in [-0.05, 0) is 37.6 Å². The first-order valence-electron chi connectivity index (χ1n) is 11.1. The topological polar surface area (TPSA) is 88.6 Å². The lowest BCUT2D eigenvalue weighted by Crippen LogP contribution is -2.37. The van der Waals surface area contributed by atoms with Gasteiger partial charge >= 0.3 is 0 Å². The molecule has 168 valence electrons. The second-order valence-electron chi connectivity index (χ2n) is 7.55. The predicted molar refractivity (Wildman–Crippen MR) is 122 cm³/mol. The molecule has 1 amide bonds. The highest BCUT2D eigenvalue weighted by Gasteiger charge is 2.14. The van der Waals surface area contributed by atoms with Crippen LogP contribution in [0.3, 0.4) is 0 Å². The van der Waals surface area contributed by atoms with E-state index in [1.807, 2.05) is 25.1 Å². The Balaban J connectivity index is 1.42. The number of amides is 1. The van der Waals surface area contributed by atoms with E-state index in [4.69, 9.17) is 9.47 Å². The summed E-state index contributed by atoms with van der Waals surface area (Å²) in [5, 5.41) is 6.12. The van der Waals surface area contributed by atoms with Crippen molar-refractivity contribution in [2.45, 2.75) is 33.1 Å². The van der Waals surface area contributed by atoms with E-state index in [0.29, 0.717) is 44.4 Å². The fourth-order valence-electron chi connectivity index (χ4n) is 3.28. The van der Waals surface area contributed by atoms with Gasteiger partial charge in [-0.25, -0.2) is 4.98 Å². The maximum Gasteiger partial charge on any atom is 0.251 e. The van der Waals surface area contributed by atoms with Crippen LogP contribution in [0.1, 0.15) is 42.2 Å². The standard InChI is InChI=1S/C23H33N5O3/c1-3-4-5-14-31-20-8-6-19(7-9-20)22(29)24-10-11-25-23-26-18(2)17-21(27-23)28-12-15-30-16-13-28/h6-9,17H,3-5,10-16H2,1-2H3,(H,24,29)(H,25,26,27). The van der Waals surface area contributed by atoms with Crippen molar-refractivity contribution in [3.8, 4) is 5.75 Å². The molecule has 1 aromatic heterocycles. The molecule has 1 saturated heterocycles. The summed E-state index contributed by atoms with van der Waals surface area (Å²) in [5.74, 6) is 2.15. The van der Waals surface area contributed by atoms with Crippen molar-refractivity contribution in [1.82, 2.24) is 15.3 Å². The van der Waals surface area contributed by atoms with Gasteiger partial charge in [0.2, 0.25) is 5.95 Å². The van der Waals surface area contributed by atoms with Gasteiger partial charge in [-0.2, -0.15) is 4.98 Å². The number of nitrogens with one attached hydrogen (secondary N) is 2. The number of aryl methyl sites for hydroxylation is 1. The number of carbonyl (C=O) groups excluding carboxylic acids is 1. The molecule has 0 spiro atoms. The fourth-order valence-corrected chi connectivity index (χ4v) is 3.28. The van der Waals surface area contributed by atoms with Gasteiger partial charge in [0, 0.05) is 43.5 Å². The molecule has 8 heteroatoms. The molecule has 0 saturated carbocycles. The number of benzene rings is 1. The van der Waals surface area contributed by atoms with Crippen LogP contribution >= 0.6 is 0 Å². The summed E-state index contributed by atoms with van der Waals surface area (Å²) in [6.07, 6.45) is 3.38. The van der Waals surface area contributed by atoms with Crippen LogP contribution in [0.2, 0.25) is 0 Å². The molecular formula is C23H33N5O3. The third-order valence-corrected chi connectivity index (χ3v) is 5.00. The number of anilines is 2. The monoisotopic (exact) mass is 427 g/mol. The number of aromatic nitrogens is 2. The lowest BCUT2D eigenvalue weighted by Gasteiger charge is -2.28. The van der Waals surface area contributed by atoms with E-state index < -0.39 is 0 Å². The van der Waals surface area contributed by atoms with E-state index in [9.17, 15) is 4.79 Å². The summed E-state index contributed by atoms with van der Waals surface area (Å²) in [6, 6.07) is 9.24. The van der Waals surface area contributed by atoms with Gasteiger partial charge in [0.25, 0.3) is 5.91 Å². The predicted octanol–water partition coefficient (Wildman–Crippen LogP) is 3.03. The smallest absolute Gasteiger partial charge is 0.251 e. The van der Waals surface area contributed by atoms with E-state index in [-0.39, 0.29) is 5.91 Å². The molecule has 1 aliphatic rings. The minimum Gasteiger partial charge on any atom is -0.494 e. The number of hydrogen-bond donors (Lipinski definition) is 2. The van der Waals surface area contributed by atoms with Crippen molar-refractivity contribution in [3.05, 3.63) is 41.6 Å². The Bertz CT molecular complexity index is 822. The van der Waals surface area contributed by atoms with E-state index >= 15 is 0 Å². The van der Waals surface area contributed by atoms with Gasteiger partial charge in [-0.1, -0.05) is 19.8 Å². The highest BCUT2D eigenvalue weighted by atomic mass is 16.5. The molecule has 0 unspecified atom stereocenters. The first kappa shape index (κ1) is 22.8. The maximum atomic E-state index is 12.4. The molecule has 2 heterocycles. The highest BCUT2D eigenvalue weighted by Crippen LogP contribution is 2.16. The van der Waals surface area contributed by atoms with Crippen LogP contribution < -0.4 is 20.3 Å². The number of ether oxygens (including phenoxy) is 2. The van der Waals surface area contributed by atoms with Crippen LogP contribution in [0.4, 0.5) is 11.8 Å². The lowest BCUT2D eigenvalue weighted by molar-refractivity contribution is 0.0955. The number of morpholine rings is 1. The molecule has 0 bridgehead atoms. The molecule has 1 aliphatic heterocycles. The summed E-state index contributed by atoms with van der Waals surface area (Å²) in [6.45, 7) is 8.92. The highest BCUT2D eigenvalue weighted by molar-refractivity contribution is 5.94. The second kappa shape index (κ2) is 12.1. The van der Waals surface area contributed by atoms with Crippen LogP contribution in [-0.4, -0.2) is 61.9 Å². The Morgan fingerprint density at radius 2 is 1.90 bits per heavy atom. The fraction of sp³-hybridized carbons (Fsp3) is 0.522. The molecule has 0 radical (unpaired) electrons. The molecule has 2 N–H and O–H groups in total. The minimum atomic E-state index is -0.113. The van der Waals surface area contributed by atoms with Crippen molar-refractivity contribution in [2.75, 3.05) is 56.2 Å². The van der Waals surface area contributed by atoms with E-state index in [2.05, 4.69) is 32.4 Å². The Kier molecular flexibility index (Phi) is 8.90. The van der Waals surface area contributed by atoms with Gasteiger partial charge in [-0.3, -0.25) is 4.79 Å².